The van der Waals surface area contributed by atoms with Gasteiger partial charge >= 0.3 is 0 Å². The number of rotatable bonds is 3. The summed E-state index contributed by atoms with van der Waals surface area (Å²) in [6.07, 6.45) is 8.72. The zero-order valence-corrected chi connectivity index (χ0v) is 10.4. The first-order chi connectivity index (χ1) is 9.31. The van der Waals surface area contributed by atoms with Gasteiger partial charge < -0.3 is 4.74 Å². The highest BCUT2D eigenvalue weighted by Crippen LogP contribution is 2.21. The van der Waals surface area contributed by atoms with E-state index in [0.717, 1.165) is 11.5 Å². The van der Waals surface area contributed by atoms with Gasteiger partial charge in [0, 0.05) is 24.7 Å². The van der Waals surface area contributed by atoms with Crippen molar-refractivity contribution >= 4 is 0 Å². The molecule has 0 unspecified atom stereocenters. The summed E-state index contributed by atoms with van der Waals surface area (Å²) in [4.78, 5) is 12.5. The molecule has 3 heterocycles. The van der Waals surface area contributed by atoms with Crippen LogP contribution < -0.4 is 4.74 Å². The predicted molar refractivity (Wildman–Crippen MR) is 70.4 cm³/mol. The Morgan fingerprint density at radius 1 is 1.11 bits per heavy atom. The molecule has 0 aromatic carbocycles. The zero-order valence-electron chi connectivity index (χ0n) is 10.4. The second-order valence-electron chi connectivity index (χ2n) is 4.06. The molecule has 0 amide bonds. The van der Waals surface area contributed by atoms with Crippen molar-refractivity contribution in [3.05, 3.63) is 61.1 Å². The third kappa shape index (κ3) is 2.60. The van der Waals surface area contributed by atoms with Crippen molar-refractivity contribution in [3.63, 3.8) is 0 Å². The second kappa shape index (κ2) is 4.89. The molecule has 0 saturated carbocycles. The van der Waals surface area contributed by atoms with E-state index >= 15 is 0 Å². The molecule has 0 atom stereocenters. The van der Waals surface area contributed by atoms with Crippen LogP contribution in [0, 0.1) is 6.92 Å². The number of aryl methyl sites for hydroxylation is 1. The molecule has 3 aromatic heterocycles. The van der Waals surface area contributed by atoms with E-state index in [-0.39, 0.29) is 0 Å². The molecule has 5 heteroatoms. The van der Waals surface area contributed by atoms with Crippen molar-refractivity contribution in [2.75, 3.05) is 0 Å². The lowest BCUT2D eigenvalue weighted by Crippen LogP contribution is -1.94. The van der Waals surface area contributed by atoms with Crippen LogP contribution in [0.4, 0.5) is 0 Å². The van der Waals surface area contributed by atoms with Gasteiger partial charge in [-0.3, -0.25) is 9.55 Å². The third-order valence-corrected chi connectivity index (χ3v) is 2.56. The van der Waals surface area contributed by atoms with E-state index in [9.17, 15) is 0 Å². The van der Waals surface area contributed by atoms with Crippen LogP contribution in [-0.4, -0.2) is 19.5 Å². The number of hydrogen-bond acceptors (Lipinski definition) is 4. The van der Waals surface area contributed by atoms with E-state index in [1.165, 1.54) is 0 Å². The van der Waals surface area contributed by atoms with Crippen LogP contribution in [0.3, 0.4) is 0 Å². The summed E-state index contributed by atoms with van der Waals surface area (Å²) in [7, 11) is 0. The first-order valence-electron chi connectivity index (χ1n) is 5.86. The topological polar surface area (TPSA) is 52.8 Å². The quantitative estimate of drug-likeness (QED) is 0.719. The minimum Gasteiger partial charge on any atom is -0.456 e. The van der Waals surface area contributed by atoms with Gasteiger partial charge in [0.25, 0.3) is 0 Å². The number of imidazole rings is 1. The fourth-order valence-corrected chi connectivity index (χ4v) is 1.69. The molecule has 0 aliphatic rings. The Labute approximate surface area is 110 Å². The first kappa shape index (κ1) is 11.4. The summed E-state index contributed by atoms with van der Waals surface area (Å²) in [6.45, 7) is 1.94. The lowest BCUT2D eigenvalue weighted by atomic mass is 10.4. The van der Waals surface area contributed by atoms with Gasteiger partial charge in [-0.25, -0.2) is 9.97 Å². The van der Waals surface area contributed by atoms with Gasteiger partial charge in [-0.15, -0.1) is 0 Å². The van der Waals surface area contributed by atoms with Gasteiger partial charge in [-0.05, 0) is 25.1 Å². The maximum absolute atomic E-state index is 5.71. The molecule has 0 spiro atoms. The molecule has 0 aliphatic carbocycles. The first-order valence-corrected chi connectivity index (χ1v) is 5.86. The van der Waals surface area contributed by atoms with E-state index in [1.54, 1.807) is 31.0 Å². The smallest absolute Gasteiger partial charge is 0.145 e. The van der Waals surface area contributed by atoms with E-state index in [2.05, 4.69) is 15.0 Å². The zero-order chi connectivity index (χ0) is 13.1. The molecular formula is C14H12N4O. The van der Waals surface area contributed by atoms with Crippen molar-refractivity contribution in [1.29, 1.82) is 0 Å². The lowest BCUT2D eigenvalue weighted by Gasteiger charge is -2.06. The molecule has 3 aromatic rings. The highest BCUT2D eigenvalue weighted by molar-refractivity contribution is 5.35. The van der Waals surface area contributed by atoms with Crippen molar-refractivity contribution in [2.45, 2.75) is 6.92 Å². The predicted octanol–water partition coefficient (Wildman–Crippen LogP) is 2.76. The molecule has 0 saturated heterocycles. The fourth-order valence-electron chi connectivity index (χ4n) is 1.69. The molecule has 0 bridgehead atoms. The summed E-state index contributed by atoms with van der Waals surface area (Å²) in [5.41, 5.74) is 0.945. The Kier molecular flexibility index (Phi) is 2.94. The Balaban J connectivity index is 1.88. The standard InChI is InChI=1S/C14H12N4O/c1-11-9-18(10-17-11)14-7-12(4-6-16-14)19-13-3-2-5-15-8-13/h2-10H,1H3. The van der Waals surface area contributed by atoms with Crippen LogP contribution in [0.25, 0.3) is 5.82 Å². The van der Waals surface area contributed by atoms with Crippen molar-refractivity contribution < 1.29 is 4.74 Å². The molecule has 0 radical (unpaired) electrons. The summed E-state index contributed by atoms with van der Waals surface area (Å²) >= 11 is 0. The maximum atomic E-state index is 5.71. The number of nitrogens with zero attached hydrogens (tertiary/aromatic N) is 4. The molecule has 19 heavy (non-hydrogen) atoms. The molecule has 0 fully saturated rings. The molecule has 0 N–H and O–H groups in total. The summed E-state index contributed by atoms with van der Waals surface area (Å²) < 4.78 is 7.56. The summed E-state index contributed by atoms with van der Waals surface area (Å²) in [5.74, 6) is 2.17. The molecule has 3 rings (SSSR count). The van der Waals surface area contributed by atoms with Crippen LogP contribution in [0.5, 0.6) is 11.5 Å². The fraction of sp³-hybridized carbons (Fsp3) is 0.0714. The van der Waals surface area contributed by atoms with Crippen molar-refractivity contribution in [1.82, 2.24) is 19.5 Å². The van der Waals surface area contributed by atoms with Crippen LogP contribution in [0.15, 0.2) is 55.4 Å². The number of pyridine rings is 2. The average molecular weight is 252 g/mol. The Morgan fingerprint density at radius 3 is 2.79 bits per heavy atom. The van der Waals surface area contributed by atoms with E-state index < -0.39 is 0 Å². The van der Waals surface area contributed by atoms with Crippen LogP contribution >= 0.6 is 0 Å². The van der Waals surface area contributed by atoms with Gasteiger partial charge in [-0.1, -0.05) is 0 Å². The van der Waals surface area contributed by atoms with Gasteiger partial charge in [-0.2, -0.15) is 0 Å². The second-order valence-corrected chi connectivity index (χ2v) is 4.06. The number of hydrogen-bond donors (Lipinski definition) is 0. The average Bonchev–Trinajstić information content (AvgIpc) is 2.87. The highest BCUT2D eigenvalue weighted by Gasteiger charge is 2.02. The largest absolute Gasteiger partial charge is 0.456 e. The van der Waals surface area contributed by atoms with Crippen LogP contribution in [0.2, 0.25) is 0 Å². The minimum absolute atomic E-state index is 0.696. The monoisotopic (exact) mass is 252 g/mol. The maximum Gasteiger partial charge on any atom is 0.145 e. The Hall–Kier alpha value is -2.69. The molecule has 5 nitrogen and oxygen atoms in total. The van der Waals surface area contributed by atoms with Crippen LogP contribution in [-0.2, 0) is 0 Å². The lowest BCUT2D eigenvalue weighted by molar-refractivity contribution is 0.479. The minimum atomic E-state index is 0.696. The normalized spacial score (nSPS) is 10.4. The van der Waals surface area contributed by atoms with Gasteiger partial charge in [0.1, 0.15) is 23.6 Å². The van der Waals surface area contributed by atoms with Crippen molar-refractivity contribution in [3.8, 4) is 17.3 Å². The van der Waals surface area contributed by atoms with Gasteiger partial charge in [0.05, 0.1) is 11.9 Å². The van der Waals surface area contributed by atoms with E-state index in [1.807, 2.05) is 35.9 Å². The van der Waals surface area contributed by atoms with E-state index in [4.69, 9.17) is 4.74 Å². The third-order valence-electron chi connectivity index (χ3n) is 2.56. The van der Waals surface area contributed by atoms with Crippen molar-refractivity contribution in [2.24, 2.45) is 0 Å². The molecule has 0 aliphatic heterocycles. The molecular weight excluding hydrogens is 240 g/mol. The van der Waals surface area contributed by atoms with E-state index in [0.29, 0.717) is 11.5 Å². The van der Waals surface area contributed by atoms with Crippen LogP contribution in [0.1, 0.15) is 5.69 Å². The Bertz CT molecular complexity index is 679. The number of aromatic nitrogens is 4. The highest BCUT2D eigenvalue weighted by atomic mass is 16.5. The summed E-state index contributed by atoms with van der Waals surface area (Å²) in [5, 5.41) is 0. The van der Waals surface area contributed by atoms with Gasteiger partial charge in [0.15, 0.2) is 0 Å². The van der Waals surface area contributed by atoms with Gasteiger partial charge in [0.2, 0.25) is 0 Å². The summed E-state index contributed by atoms with van der Waals surface area (Å²) in [6, 6.07) is 7.35. The SMILES string of the molecule is Cc1cn(-c2cc(Oc3cccnc3)ccn2)cn1. The molecule has 94 valence electrons. The number of ether oxygens (including phenoxy) is 1. The Morgan fingerprint density at radius 2 is 2.05 bits per heavy atom.